The van der Waals surface area contributed by atoms with Crippen LogP contribution in [0.4, 0.5) is 5.69 Å². The van der Waals surface area contributed by atoms with Gasteiger partial charge in [-0.15, -0.1) is 11.3 Å². The minimum absolute atomic E-state index is 0.882. The van der Waals surface area contributed by atoms with Gasteiger partial charge in [0, 0.05) is 24.2 Å². The summed E-state index contributed by atoms with van der Waals surface area (Å²) in [5.74, 6) is 0. The van der Waals surface area contributed by atoms with E-state index in [9.17, 15) is 0 Å². The zero-order chi connectivity index (χ0) is 9.80. The molecule has 4 heteroatoms. The van der Waals surface area contributed by atoms with Crippen molar-refractivity contribution in [2.24, 2.45) is 0 Å². The van der Waals surface area contributed by atoms with Crippen LogP contribution in [0.25, 0.3) is 0 Å². The van der Waals surface area contributed by atoms with E-state index in [0.717, 1.165) is 18.8 Å². The summed E-state index contributed by atoms with van der Waals surface area (Å²) < 4.78 is 1.91. The van der Waals surface area contributed by atoms with Crippen molar-refractivity contribution >= 4 is 17.0 Å². The molecule has 2 rings (SSSR count). The number of nitrogens with one attached hydrogen (secondary N) is 1. The van der Waals surface area contributed by atoms with Crippen molar-refractivity contribution in [3.05, 3.63) is 34.8 Å². The third-order valence-corrected chi connectivity index (χ3v) is 2.88. The van der Waals surface area contributed by atoms with Gasteiger partial charge in [0.05, 0.1) is 11.9 Å². The summed E-state index contributed by atoms with van der Waals surface area (Å²) in [4.78, 5) is 1.34. The van der Waals surface area contributed by atoms with Crippen LogP contribution in [-0.4, -0.2) is 9.78 Å². The van der Waals surface area contributed by atoms with E-state index in [2.05, 4.69) is 34.9 Å². The molecule has 0 bridgehead atoms. The van der Waals surface area contributed by atoms with Crippen LogP contribution in [0.15, 0.2) is 29.9 Å². The number of hydrogen-bond acceptors (Lipinski definition) is 3. The van der Waals surface area contributed by atoms with E-state index < -0.39 is 0 Å². The maximum absolute atomic E-state index is 4.19. The van der Waals surface area contributed by atoms with E-state index in [0.29, 0.717) is 0 Å². The Morgan fingerprint density at radius 3 is 3.14 bits per heavy atom. The fraction of sp³-hybridized carbons (Fsp3) is 0.300. The molecule has 2 aromatic heterocycles. The van der Waals surface area contributed by atoms with E-state index in [1.54, 1.807) is 11.3 Å². The van der Waals surface area contributed by atoms with Crippen LogP contribution in [0.5, 0.6) is 0 Å². The smallest absolute Gasteiger partial charge is 0.0729 e. The normalized spacial score (nSPS) is 10.4. The minimum Gasteiger partial charge on any atom is -0.378 e. The van der Waals surface area contributed by atoms with Crippen LogP contribution >= 0.6 is 11.3 Å². The molecule has 0 amide bonds. The summed E-state index contributed by atoms with van der Waals surface area (Å²) in [6.45, 7) is 3.88. The largest absolute Gasteiger partial charge is 0.378 e. The molecule has 0 aromatic carbocycles. The second-order valence-electron chi connectivity index (χ2n) is 3.02. The predicted octanol–water partition coefficient (Wildman–Crippen LogP) is 2.58. The molecular weight excluding hydrogens is 194 g/mol. The van der Waals surface area contributed by atoms with Gasteiger partial charge < -0.3 is 5.32 Å². The highest BCUT2D eigenvalue weighted by molar-refractivity contribution is 7.09. The summed E-state index contributed by atoms with van der Waals surface area (Å²) in [5, 5.41) is 9.61. The van der Waals surface area contributed by atoms with Gasteiger partial charge in [0.15, 0.2) is 0 Å². The van der Waals surface area contributed by atoms with Crippen LogP contribution in [0.1, 0.15) is 11.8 Å². The molecule has 0 atom stereocenters. The fourth-order valence-electron chi connectivity index (χ4n) is 1.23. The Hall–Kier alpha value is -1.29. The molecule has 14 heavy (non-hydrogen) atoms. The number of nitrogens with zero attached hydrogens (tertiary/aromatic N) is 2. The first-order valence-corrected chi connectivity index (χ1v) is 5.55. The third kappa shape index (κ3) is 2.14. The average Bonchev–Trinajstić information content (AvgIpc) is 2.86. The van der Waals surface area contributed by atoms with E-state index in [4.69, 9.17) is 0 Å². The van der Waals surface area contributed by atoms with E-state index in [1.807, 2.05) is 17.1 Å². The second kappa shape index (κ2) is 4.28. The summed E-state index contributed by atoms with van der Waals surface area (Å²) in [5.41, 5.74) is 1.08. The van der Waals surface area contributed by atoms with Crippen LogP contribution < -0.4 is 5.32 Å². The monoisotopic (exact) mass is 207 g/mol. The average molecular weight is 207 g/mol. The van der Waals surface area contributed by atoms with Crippen molar-refractivity contribution < 1.29 is 0 Å². The molecule has 2 aromatic rings. The summed E-state index contributed by atoms with van der Waals surface area (Å²) in [6, 6.07) is 4.19. The van der Waals surface area contributed by atoms with E-state index in [1.165, 1.54) is 4.88 Å². The molecule has 0 saturated carbocycles. The Bertz CT molecular complexity index is 378. The predicted molar refractivity (Wildman–Crippen MR) is 59.5 cm³/mol. The van der Waals surface area contributed by atoms with Gasteiger partial charge in [-0.3, -0.25) is 4.68 Å². The van der Waals surface area contributed by atoms with Gasteiger partial charge in [-0.25, -0.2) is 0 Å². The van der Waals surface area contributed by atoms with Crippen molar-refractivity contribution in [1.82, 2.24) is 9.78 Å². The Balaban J connectivity index is 1.92. The van der Waals surface area contributed by atoms with Gasteiger partial charge in [-0.05, 0) is 18.4 Å². The highest BCUT2D eigenvalue weighted by atomic mass is 32.1. The van der Waals surface area contributed by atoms with Gasteiger partial charge in [0.25, 0.3) is 0 Å². The third-order valence-electron chi connectivity index (χ3n) is 2.00. The first kappa shape index (κ1) is 9.27. The highest BCUT2D eigenvalue weighted by Crippen LogP contribution is 2.12. The lowest BCUT2D eigenvalue weighted by Crippen LogP contribution is -1.96. The quantitative estimate of drug-likeness (QED) is 0.835. The number of rotatable bonds is 4. The maximum atomic E-state index is 4.19. The highest BCUT2D eigenvalue weighted by Gasteiger charge is 1.97. The molecule has 3 nitrogen and oxygen atoms in total. The molecule has 0 unspecified atom stereocenters. The molecule has 0 fully saturated rings. The van der Waals surface area contributed by atoms with Gasteiger partial charge in [-0.2, -0.15) is 5.10 Å². The number of aromatic nitrogens is 2. The van der Waals surface area contributed by atoms with E-state index >= 15 is 0 Å². The minimum atomic E-state index is 0.882. The summed E-state index contributed by atoms with van der Waals surface area (Å²) in [6.07, 6.45) is 3.88. The van der Waals surface area contributed by atoms with Crippen molar-refractivity contribution in [3.63, 3.8) is 0 Å². The van der Waals surface area contributed by atoms with Crippen LogP contribution in [0.2, 0.25) is 0 Å². The standard InChI is InChI=1S/C10H13N3S/c1-2-13-8-9(6-12-13)11-7-10-4-3-5-14-10/h3-6,8,11H,2,7H2,1H3. The molecule has 1 N–H and O–H groups in total. The second-order valence-corrected chi connectivity index (χ2v) is 4.05. The molecule has 74 valence electrons. The SMILES string of the molecule is CCn1cc(NCc2cccs2)cn1. The molecule has 0 spiro atoms. The molecule has 2 heterocycles. The number of hydrogen-bond donors (Lipinski definition) is 1. The summed E-state index contributed by atoms with van der Waals surface area (Å²) >= 11 is 1.77. The van der Waals surface area contributed by atoms with Gasteiger partial charge in [-0.1, -0.05) is 6.07 Å². The Kier molecular flexibility index (Phi) is 2.84. The van der Waals surface area contributed by atoms with Crippen LogP contribution in [-0.2, 0) is 13.1 Å². The lowest BCUT2D eigenvalue weighted by atomic mass is 10.4. The van der Waals surface area contributed by atoms with E-state index in [-0.39, 0.29) is 0 Å². The molecule has 0 radical (unpaired) electrons. The van der Waals surface area contributed by atoms with Crippen LogP contribution in [0, 0.1) is 0 Å². The Morgan fingerprint density at radius 2 is 2.50 bits per heavy atom. The number of anilines is 1. The summed E-state index contributed by atoms with van der Waals surface area (Å²) in [7, 11) is 0. The van der Waals surface area contributed by atoms with Crippen LogP contribution in [0.3, 0.4) is 0 Å². The molecular formula is C10H13N3S. The topological polar surface area (TPSA) is 29.9 Å². The molecule has 0 aliphatic rings. The lowest BCUT2D eigenvalue weighted by Gasteiger charge is -1.99. The van der Waals surface area contributed by atoms with Crippen molar-refractivity contribution in [1.29, 1.82) is 0 Å². The van der Waals surface area contributed by atoms with Gasteiger partial charge >= 0.3 is 0 Å². The van der Waals surface area contributed by atoms with Gasteiger partial charge in [0.1, 0.15) is 0 Å². The molecule has 0 aliphatic heterocycles. The zero-order valence-corrected chi connectivity index (χ0v) is 8.92. The molecule has 0 aliphatic carbocycles. The first-order valence-electron chi connectivity index (χ1n) is 4.67. The van der Waals surface area contributed by atoms with Gasteiger partial charge in [0.2, 0.25) is 0 Å². The maximum Gasteiger partial charge on any atom is 0.0729 e. The first-order chi connectivity index (χ1) is 6.88. The Labute approximate surface area is 87.4 Å². The Morgan fingerprint density at radius 1 is 1.57 bits per heavy atom. The number of aryl methyl sites for hydroxylation is 1. The number of thiophene rings is 1. The van der Waals surface area contributed by atoms with Crippen molar-refractivity contribution in [2.75, 3.05) is 5.32 Å². The lowest BCUT2D eigenvalue weighted by molar-refractivity contribution is 0.660. The van der Waals surface area contributed by atoms with Crippen molar-refractivity contribution in [2.45, 2.75) is 20.0 Å². The molecule has 0 saturated heterocycles. The fourth-order valence-corrected chi connectivity index (χ4v) is 1.87. The van der Waals surface area contributed by atoms with Crippen molar-refractivity contribution in [3.8, 4) is 0 Å². The zero-order valence-electron chi connectivity index (χ0n) is 8.10.